The molecule has 0 aliphatic carbocycles. The zero-order chi connectivity index (χ0) is 17.8. The molecule has 0 saturated heterocycles. The molecule has 0 amide bonds. The average Bonchev–Trinajstić information content (AvgIpc) is 2.65. The third-order valence-corrected chi connectivity index (χ3v) is 4.08. The smallest absolute Gasteiger partial charge is 0.0858 e. The van der Waals surface area contributed by atoms with Crippen LogP contribution in [0.5, 0.6) is 0 Å². The Labute approximate surface area is 147 Å². The fourth-order valence-electron chi connectivity index (χ4n) is 2.67. The highest BCUT2D eigenvalue weighted by Crippen LogP contribution is 2.34. The summed E-state index contributed by atoms with van der Waals surface area (Å²) < 4.78 is 0. The van der Waals surface area contributed by atoms with Gasteiger partial charge in [0.2, 0.25) is 0 Å². The molecule has 8 N–H and O–H groups in total. The van der Waals surface area contributed by atoms with E-state index >= 15 is 0 Å². The Bertz CT molecular complexity index is 875. The predicted octanol–water partition coefficient (Wildman–Crippen LogP) is 3.66. The molecule has 0 aromatic heterocycles. The van der Waals surface area contributed by atoms with Gasteiger partial charge in [-0.2, -0.15) is 0 Å². The Morgan fingerprint density at radius 2 is 1.44 bits per heavy atom. The number of anilines is 4. The summed E-state index contributed by atoms with van der Waals surface area (Å²) in [7, 11) is 0. The summed E-state index contributed by atoms with van der Waals surface area (Å²) in [6.07, 6.45) is 0. The van der Waals surface area contributed by atoms with E-state index in [9.17, 15) is 0 Å². The van der Waals surface area contributed by atoms with Crippen molar-refractivity contribution < 1.29 is 0 Å². The second kappa shape index (κ2) is 7.07. The van der Waals surface area contributed by atoms with Crippen LogP contribution in [0, 0.1) is 5.41 Å². The quantitative estimate of drug-likeness (QED) is 0.362. The van der Waals surface area contributed by atoms with Gasteiger partial charge in [0.25, 0.3) is 0 Å². The van der Waals surface area contributed by atoms with Crippen LogP contribution in [0.25, 0.3) is 0 Å². The molecule has 5 heteroatoms. The van der Waals surface area contributed by atoms with Crippen molar-refractivity contribution in [1.82, 2.24) is 0 Å². The summed E-state index contributed by atoms with van der Waals surface area (Å²) >= 11 is 0. The van der Waals surface area contributed by atoms with Crippen LogP contribution in [0.2, 0.25) is 0 Å². The van der Waals surface area contributed by atoms with E-state index in [4.69, 9.17) is 22.6 Å². The lowest BCUT2D eigenvalue weighted by Crippen LogP contribution is -2.23. The Morgan fingerprint density at radius 3 is 2.08 bits per heavy atom. The van der Waals surface area contributed by atoms with Crippen LogP contribution in [-0.2, 0) is 0 Å². The molecule has 5 nitrogen and oxygen atoms in total. The van der Waals surface area contributed by atoms with E-state index in [1.807, 2.05) is 60.7 Å². The fourth-order valence-corrected chi connectivity index (χ4v) is 2.67. The SMILES string of the molecule is N=C(c1ccc(N)c(Nc2ccccc2)c1N)C(N)c1ccccc1. The molecule has 3 aromatic rings. The molecular weight excluding hydrogens is 310 g/mol. The van der Waals surface area contributed by atoms with Gasteiger partial charge in [-0.1, -0.05) is 48.5 Å². The van der Waals surface area contributed by atoms with Crippen molar-refractivity contribution in [1.29, 1.82) is 5.41 Å². The van der Waals surface area contributed by atoms with Gasteiger partial charge in [-0.15, -0.1) is 0 Å². The van der Waals surface area contributed by atoms with Gasteiger partial charge < -0.3 is 27.9 Å². The molecule has 3 aromatic carbocycles. The summed E-state index contributed by atoms with van der Waals surface area (Å²) in [6, 6.07) is 22.1. The first-order valence-electron chi connectivity index (χ1n) is 7.97. The lowest BCUT2D eigenvalue weighted by Gasteiger charge is -2.19. The van der Waals surface area contributed by atoms with Crippen LogP contribution in [0.1, 0.15) is 17.2 Å². The topological polar surface area (TPSA) is 114 Å². The zero-order valence-electron chi connectivity index (χ0n) is 13.7. The Morgan fingerprint density at radius 1 is 0.840 bits per heavy atom. The number of hydrogen-bond acceptors (Lipinski definition) is 5. The third-order valence-electron chi connectivity index (χ3n) is 4.08. The van der Waals surface area contributed by atoms with Crippen LogP contribution in [-0.4, -0.2) is 5.71 Å². The van der Waals surface area contributed by atoms with Crippen molar-refractivity contribution in [2.24, 2.45) is 5.73 Å². The van der Waals surface area contributed by atoms with E-state index in [1.165, 1.54) is 0 Å². The number of rotatable bonds is 5. The van der Waals surface area contributed by atoms with Crippen molar-refractivity contribution >= 4 is 28.5 Å². The first-order valence-corrected chi connectivity index (χ1v) is 7.97. The van der Waals surface area contributed by atoms with Crippen LogP contribution in [0.15, 0.2) is 72.8 Å². The van der Waals surface area contributed by atoms with Crippen LogP contribution in [0.3, 0.4) is 0 Å². The fraction of sp³-hybridized carbons (Fsp3) is 0.0500. The minimum absolute atomic E-state index is 0.250. The van der Waals surface area contributed by atoms with E-state index in [-0.39, 0.29) is 5.71 Å². The van der Waals surface area contributed by atoms with Crippen molar-refractivity contribution in [2.45, 2.75) is 6.04 Å². The third kappa shape index (κ3) is 3.46. The van der Waals surface area contributed by atoms with Crippen LogP contribution < -0.4 is 22.5 Å². The molecule has 0 bridgehead atoms. The molecule has 0 aliphatic heterocycles. The normalized spacial score (nSPS) is 11.7. The number of nitrogens with one attached hydrogen (secondary N) is 2. The summed E-state index contributed by atoms with van der Waals surface area (Å²) in [6.45, 7) is 0. The lowest BCUT2D eigenvalue weighted by molar-refractivity contribution is 0.952. The first-order chi connectivity index (χ1) is 12.1. The lowest BCUT2D eigenvalue weighted by atomic mass is 9.95. The highest BCUT2D eigenvalue weighted by molar-refractivity contribution is 6.09. The maximum atomic E-state index is 8.49. The van der Waals surface area contributed by atoms with E-state index in [1.54, 1.807) is 12.1 Å². The number of nitrogens with two attached hydrogens (primary N) is 3. The highest BCUT2D eigenvalue weighted by Gasteiger charge is 2.19. The molecule has 1 unspecified atom stereocenters. The monoisotopic (exact) mass is 331 g/mol. The largest absolute Gasteiger partial charge is 0.397 e. The standard InChI is InChI=1S/C20H21N5/c21-16-12-11-15(18(23)17(22)13-7-3-1-4-8-13)19(24)20(16)25-14-9-5-2-6-10-14/h1-12,17,23,25H,21-22,24H2. The predicted molar refractivity (Wildman–Crippen MR) is 105 cm³/mol. The molecule has 25 heavy (non-hydrogen) atoms. The molecule has 0 radical (unpaired) electrons. The second-order valence-electron chi connectivity index (χ2n) is 5.78. The zero-order valence-corrected chi connectivity index (χ0v) is 13.7. The van der Waals surface area contributed by atoms with Gasteiger partial charge in [0.1, 0.15) is 0 Å². The molecule has 126 valence electrons. The van der Waals surface area contributed by atoms with Gasteiger partial charge in [0.15, 0.2) is 0 Å². The van der Waals surface area contributed by atoms with Gasteiger partial charge >= 0.3 is 0 Å². The Balaban J connectivity index is 1.95. The molecule has 0 spiro atoms. The molecule has 0 aliphatic rings. The molecule has 0 fully saturated rings. The van der Waals surface area contributed by atoms with Crippen molar-refractivity contribution in [2.75, 3.05) is 16.8 Å². The molecule has 0 saturated carbocycles. The van der Waals surface area contributed by atoms with Gasteiger partial charge in [-0.3, -0.25) is 0 Å². The Kier molecular flexibility index (Phi) is 4.68. The summed E-state index contributed by atoms with van der Waals surface area (Å²) in [4.78, 5) is 0. The maximum absolute atomic E-state index is 8.49. The van der Waals surface area contributed by atoms with Gasteiger partial charge in [0, 0.05) is 11.3 Å². The van der Waals surface area contributed by atoms with Crippen LogP contribution in [0.4, 0.5) is 22.7 Å². The van der Waals surface area contributed by atoms with Crippen molar-refractivity contribution in [3.63, 3.8) is 0 Å². The summed E-state index contributed by atoms with van der Waals surface area (Å²) in [5.74, 6) is 0. The molecule has 0 heterocycles. The van der Waals surface area contributed by atoms with Crippen molar-refractivity contribution in [3.8, 4) is 0 Å². The van der Waals surface area contributed by atoms with Gasteiger partial charge in [-0.25, -0.2) is 0 Å². The summed E-state index contributed by atoms with van der Waals surface area (Å²) in [5, 5.41) is 11.7. The van der Waals surface area contributed by atoms with E-state index < -0.39 is 6.04 Å². The van der Waals surface area contributed by atoms with Crippen molar-refractivity contribution in [3.05, 3.63) is 83.9 Å². The first kappa shape index (κ1) is 16.5. The average molecular weight is 331 g/mol. The van der Waals surface area contributed by atoms with Gasteiger partial charge in [-0.05, 0) is 29.8 Å². The minimum atomic E-state index is -0.559. The Hall–Kier alpha value is -3.31. The van der Waals surface area contributed by atoms with E-state index in [0.717, 1.165) is 11.3 Å². The van der Waals surface area contributed by atoms with Crippen LogP contribution >= 0.6 is 0 Å². The number of hydrogen-bond donors (Lipinski definition) is 5. The number of para-hydroxylation sites is 1. The van der Waals surface area contributed by atoms with Gasteiger partial charge in [0.05, 0.1) is 28.8 Å². The summed E-state index contributed by atoms with van der Waals surface area (Å²) in [5.41, 5.74) is 22.7. The second-order valence-corrected chi connectivity index (χ2v) is 5.78. The van der Waals surface area contributed by atoms with E-state index in [0.29, 0.717) is 22.6 Å². The molecule has 1 atom stereocenters. The number of nitrogen functional groups attached to an aromatic ring is 2. The minimum Gasteiger partial charge on any atom is -0.397 e. The molecule has 3 rings (SSSR count). The molecular formula is C20H21N5. The number of benzene rings is 3. The maximum Gasteiger partial charge on any atom is 0.0858 e. The highest BCUT2D eigenvalue weighted by atomic mass is 14.9. The van der Waals surface area contributed by atoms with E-state index in [2.05, 4.69) is 5.32 Å².